The van der Waals surface area contributed by atoms with Crippen LogP contribution in [0.2, 0.25) is 0 Å². The van der Waals surface area contributed by atoms with Gasteiger partial charge in [0.25, 0.3) is 11.2 Å². The van der Waals surface area contributed by atoms with Crippen molar-refractivity contribution in [2.75, 3.05) is 0 Å². The second kappa shape index (κ2) is 8.41. The number of carbonyl (C=O) groups excluding carboxylic acids is 1. The Kier molecular flexibility index (Phi) is 5.92. The minimum absolute atomic E-state index is 0.0470. The molecule has 0 bridgehead atoms. The van der Waals surface area contributed by atoms with Gasteiger partial charge >= 0.3 is 5.97 Å². The molecule has 11 heteroatoms. The van der Waals surface area contributed by atoms with Crippen molar-refractivity contribution in [3.63, 3.8) is 0 Å². The van der Waals surface area contributed by atoms with Crippen LogP contribution in [0.4, 0.5) is 5.69 Å². The maximum Gasteiger partial charge on any atom is 0.346 e. The average molecular weight is 430 g/mol. The molecule has 1 aromatic carbocycles. The number of nitro groups is 1. The fourth-order valence-corrected chi connectivity index (χ4v) is 4.19. The molecule has 3 rings (SSSR count). The fourth-order valence-electron chi connectivity index (χ4n) is 3.16. The summed E-state index contributed by atoms with van der Waals surface area (Å²) in [5.74, 6) is -1.25. The van der Waals surface area contributed by atoms with E-state index in [2.05, 4.69) is 4.98 Å². The number of aromatic nitrogens is 2. The van der Waals surface area contributed by atoms with Crippen molar-refractivity contribution < 1.29 is 19.6 Å². The standard InChI is InChI=1S/C19H18N4O6S/c1-10-15-17(30-16(10)19(26)27)21-14(22(18(15)25)8-2-3-13(20)24)9-11-4-6-12(7-5-11)23(28)29/h4-7H,2-3,8-9H2,1H3,(H2,20,24)(H,26,27). The lowest BCUT2D eigenvalue weighted by atomic mass is 10.1. The summed E-state index contributed by atoms with van der Waals surface area (Å²) < 4.78 is 1.41. The summed E-state index contributed by atoms with van der Waals surface area (Å²) in [6, 6.07) is 5.87. The molecule has 1 amide bonds. The van der Waals surface area contributed by atoms with Gasteiger partial charge in [0, 0.05) is 31.5 Å². The molecule has 0 aliphatic rings. The van der Waals surface area contributed by atoms with Crippen LogP contribution in [0.15, 0.2) is 29.1 Å². The lowest BCUT2D eigenvalue weighted by molar-refractivity contribution is -0.384. The lowest BCUT2D eigenvalue weighted by Crippen LogP contribution is -2.26. The van der Waals surface area contributed by atoms with Crippen LogP contribution < -0.4 is 11.3 Å². The molecule has 0 saturated heterocycles. The van der Waals surface area contributed by atoms with Gasteiger partial charge in [0.15, 0.2) is 0 Å². The number of primary amides is 1. The predicted octanol–water partition coefficient (Wildman–Crippen LogP) is 2.23. The zero-order valence-electron chi connectivity index (χ0n) is 16.0. The van der Waals surface area contributed by atoms with Crippen LogP contribution in [0.5, 0.6) is 0 Å². The van der Waals surface area contributed by atoms with Crippen LogP contribution in [0, 0.1) is 17.0 Å². The molecule has 0 radical (unpaired) electrons. The topological polar surface area (TPSA) is 158 Å². The van der Waals surface area contributed by atoms with E-state index in [0.717, 1.165) is 11.3 Å². The summed E-state index contributed by atoms with van der Waals surface area (Å²) in [6.45, 7) is 1.75. The monoisotopic (exact) mass is 430 g/mol. The van der Waals surface area contributed by atoms with E-state index in [4.69, 9.17) is 5.73 Å². The first kappa shape index (κ1) is 21.1. The molecule has 0 unspecified atom stereocenters. The molecule has 0 saturated carbocycles. The lowest BCUT2D eigenvalue weighted by Gasteiger charge is -2.12. The van der Waals surface area contributed by atoms with Gasteiger partial charge in [-0.2, -0.15) is 0 Å². The number of rotatable bonds is 8. The van der Waals surface area contributed by atoms with E-state index >= 15 is 0 Å². The van der Waals surface area contributed by atoms with E-state index in [9.17, 15) is 29.6 Å². The third kappa shape index (κ3) is 4.20. The zero-order valence-corrected chi connectivity index (χ0v) is 16.8. The van der Waals surface area contributed by atoms with Crippen LogP contribution in [-0.4, -0.2) is 31.5 Å². The predicted molar refractivity (Wildman–Crippen MR) is 110 cm³/mol. The number of aromatic carboxylic acids is 1. The van der Waals surface area contributed by atoms with Crippen LogP contribution in [0.25, 0.3) is 10.2 Å². The summed E-state index contributed by atoms with van der Waals surface area (Å²) >= 11 is 0.927. The molecule has 0 aliphatic heterocycles. The number of amides is 1. The van der Waals surface area contributed by atoms with E-state index in [0.29, 0.717) is 28.2 Å². The molecule has 0 spiro atoms. The average Bonchev–Trinajstić information content (AvgIpc) is 3.01. The van der Waals surface area contributed by atoms with Crippen LogP contribution in [0.1, 0.15) is 39.5 Å². The Balaban J connectivity index is 2.09. The van der Waals surface area contributed by atoms with Crippen molar-refractivity contribution in [1.82, 2.24) is 9.55 Å². The number of nitrogens with two attached hydrogens (primary N) is 1. The molecule has 0 aliphatic carbocycles. The Morgan fingerprint density at radius 2 is 1.97 bits per heavy atom. The number of hydrogen-bond donors (Lipinski definition) is 2. The van der Waals surface area contributed by atoms with E-state index in [1.165, 1.54) is 16.7 Å². The third-order valence-electron chi connectivity index (χ3n) is 4.64. The highest BCUT2D eigenvalue weighted by molar-refractivity contribution is 7.20. The van der Waals surface area contributed by atoms with Gasteiger partial charge in [-0.15, -0.1) is 11.3 Å². The molecule has 2 heterocycles. The Morgan fingerprint density at radius 3 is 2.53 bits per heavy atom. The molecule has 156 valence electrons. The second-order valence-corrected chi connectivity index (χ2v) is 7.70. The molecule has 10 nitrogen and oxygen atoms in total. The number of carboxylic acid groups (broad SMARTS) is 1. The Morgan fingerprint density at radius 1 is 1.30 bits per heavy atom. The number of thiophene rings is 1. The fraction of sp³-hybridized carbons (Fsp3) is 0.263. The van der Waals surface area contributed by atoms with E-state index in [1.54, 1.807) is 19.1 Å². The van der Waals surface area contributed by atoms with Crippen molar-refractivity contribution in [3.8, 4) is 0 Å². The quantitative estimate of drug-likeness (QED) is 0.409. The maximum atomic E-state index is 13.1. The summed E-state index contributed by atoms with van der Waals surface area (Å²) in [5.41, 5.74) is 5.79. The molecule has 3 aromatic rings. The van der Waals surface area contributed by atoms with Crippen molar-refractivity contribution in [2.24, 2.45) is 5.73 Å². The molecule has 0 fully saturated rings. The summed E-state index contributed by atoms with van der Waals surface area (Å²) in [5, 5.41) is 20.5. The number of benzene rings is 1. The Bertz CT molecular complexity index is 1210. The Hall–Kier alpha value is -3.60. The van der Waals surface area contributed by atoms with Crippen molar-refractivity contribution in [1.29, 1.82) is 0 Å². The van der Waals surface area contributed by atoms with Crippen molar-refractivity contribution >= 4 is 39.1 Å². The van der Waals surface area contributed by atoms with Crippen LogP contribution >= 0.6 is 11.3 Å². The number of nitro benzene ring substituents is 1. The normalized spacial score (nSPS) is 11.0. The van der Waals surface area contributed by atoms with Gasteiger partial charge < -0.3 is 10.8 Å². The summed E-state index contributed by atoms with van der Waals surface area (Å²) in [6.07, 6.45) is 0.619. The zero-order chi connectivity index (χ0) is 22.0. The van der Waals surface area contributed by atoms with E-state index in [-0.39, 0.29) is 40.9 Å². The van der Waals surface area contributed by atoms with Gasteiger partial charge in [-0.1, -0.05) is 12.1 Å². The number of carboxylic acids is 1. The SMILES string of the molecule is Cc1c(C(=O)O)sc2nc(Cc3ccc([N+](=O)[O-])cc3)n(CCCC(N)=O)c(=O)c12. The smallest absolute Gasteiger partial charge is 0.346 e. The highest BCUT2D eigenvalue weighted by Crippen LogP contribution is 2.28. The molecule has 2 aromatic heterocycles. The molecule has 3 N–H and O–H groups in total. The van der Waals surface area contributed by atoms with Crippen LogP contribution in [0.3, 0.4) is 0 Å². The van der Waals surface area contributed by atoms with Gasteiger partial charge in [0.05, 0.1) is 10.3 Å². The first-order valence-electron chi connectivity index (χ1n) is 8.96. The number of nitrogens with zero attached hydrogens (tertiary/aromatic N) is 3. The molecular weight excluding hydrogens is 412 g/mol. The number of carbonyl (C=O) groups is 2. The Labute approximate surface area is 173 Å². The van der Waals surface area contributed by atoms with Gasteiger partial charge in [-0.3, -0.25) is 24.3 Å². The van der Waals surface area contributed by atoms with E-state index in [1.807, 2.05) is 0 Å². The number of aryl methyl sites for hydroxylation is 1. The molecule has 0 atom stereocenters. The van der Waals surface area contributed by atoms with Crippen molar-refractivity contribution in [3.05, 3.63) is 66.6 Å². The molecule has 30 heavy (non-hydrogen) atoms. The number of hydrogen-bond acceptors (Lipinski definition) is 7. The van der Waals surface area contributed by atoms with Gasteiger partial charge in [-0.05, 0) is 24.5 Å². The van der Waals surface area contributed by atoms with Gasteiger partial charge in [0.2, 0.25) is 5.91 Å². The number of non-ortho nitro benzene ring substituents is 1. The number of fused-ring (bicyclic) bond motifs is 1. The third-order valence-corrected chi connectivity index (χ3v) is 5.81. The minimum Gasteiger partial charge on any atom is -0.477 e. The summed E-state index contributed by atoms with van der Waals surface area (Å²) in [7, 11) is 0. The highest BCUT2D eigenvalue weighted by Gasteiger charge is 2.21. The second-order valence-electron chi connectivity index (χ2n) is 6.70. The van der Waals surface area contributed by atoms with Crippen molar-refractivity contribution in [2.45, 2.75) is 32.7 Å². The van der Waals surface area contributed by atoms with Crippen LogP contribution in [-0.2, 0) is 17.8 Å². The van der Waals surface area contributed by atoms with Gasteiger partial charge in [-0.25, -0.2) is 9.78 Å². The largest absolute Gasteiger partial charge is 0.477 e. The van der Waals surface area contributed by atoms with E-state index < -0.39 is 16.8 Å². The first-order chi connectivity index (χ1) is 14.2. The summed E-state index contributed by atoms with van der Waals surface area (Å²) in [4.78, 5) is 50.9. The maximum absolute atomic E-state index is 13.1. The first-order valence-corrected chi connectivity index (χ1v) is 9.78. The highest BCUT2D eigenvalue weighted by atomic mass is 32.1. The molecular formula is C19H18N4O6S. The minimum atomic E-state index is -1.13. The van der Waals surface area contributed by atoms with Gasteiger partial charge in [0.1, 0.15) is 15.5 Å².